The lowest BCUT2D eigenvalue weighted by Gasteiger charge is -2.09. The van der Waals surface area contributed by atoms with Crippen LogP contribution in [0.5, 0.6) is 5.75 Å². The molecule has 2 aromatic rings. The van der Waals surface area contributed by atoms with E-state index in [9.17, 15) is 14.7 Å². The summed E-state index contributed by atoms with van der Waals surface area (Å²) in [6.07, 6.45) is 3.10. The van der Waals surface area contributed by atoms with Crippen molar-refractivity contribution in [3.8, 4) is 5.75 Å². The zero-order chi connectivity index (χ0) is 17.5. The second kappa shape index (κ2) is 7.87. The third-order valence-electron chi connectivity index (χ3n) is 3.59. The zero-order valence-electron chi connectivity index (χ0n) is 13.5. The number of allylic oxidation sites excluding steroid dienone is 1. The van der Waals surface area contributed by atoms with Crippen molar-refractivity contribution in [3.63, 3.8) is 0 Å². The summed E-state index contributed by atoms with van der Waals surface area (Å²) in [4.78, 5) is 25.9. The molecule has 1 amide bonds. The van der Waals surface area contributed by atoms with Gasteiger partial charge >= 0.3 is 0 Å². The van der Waals surface area contributed by atoms with Gasteiger partial charge in [0.25, 0.3) is 0 Å². The van der Waals surface area contributed by atoms with E-state index < -0.39 is 0 Å². The highest BCUT2D eigenvalue weighted by molar-refractivity contribution is 6.12. The van der Waals surface area contributed by atoms with Crippen LogP contribution in [0.1, 0.15) is 27.0 Å². The minimum absolute atomic E-state index is 0.217. The molecule has 0 aromatic heterocycles. The number of aryl methyl sites for hydroxylation is 1. The van der Waals surface area contributed by atoms with Gasteiger partial charge in [-0.15, -0.1) is 0 Å². The van der Waals surface area contributed by atoms with E-state index in [1.807, 2.05) is 6.07 Å². The SMILES string of the molecule is CN=C(/C=C(\NC=O)c1ccc(C=O)cc1)c1ccc(O)c(C)c1. The first-order valence-electron chi connectivity index (χ1n) is 7.33. The number of rotatable bonds is 6. The molecule has 122 valence electrons. The molecule has 0 radical (unpaired) electrons. The number of aliphatic imine (C=N–C) groups is 1. The van der Waals surface area contributed by atoms with Crippen LogP contribution in [0, 0.1) is 6.92 Å². The number of aromatic hydroxyl groups is 1. The van der Waals surface area contributed by atoms with Gasteiger partial charge in [0.2, 0.25) is 6.41 Å². The van der Waals surface area contributed by atoms with Crippen LogP contribution in [0.4, 0.5) is 0 Å². The molecule has 0 aliphatic heterocycles. The summed E-state index contributed by atoms with van der Waals surface area (Å²) >= 11 is 0. The monoisotopic (exact) mass is 322 g/mol. The standard InChI is InChI=1S/C19H18N2O3/c1-13-9-16(7-8-19(13)24)17(20-2)10-18(21-12-23)15-5-3-14(11-22)4-6-15/h3-12,24H,1-2H3,(H,21,23)/b18-10-,20-17?. The summed E-state index contributed by atoms with van der Waals surface area (Å²) in [5, 5.41) is 12.3. The second-order valence-corrected chi connectivity index (χ2v) is 5.17. The summed E-state index contributed by atoms with van der Waals surface area (Å²) in [5.74, 6) is 0.217. The Bertz CT molecular complexity index is 806. The maximum Gasteiger partial charge on any atom is 0.211 e. The highest BCUT2D eigenvalue weighted by Crippen LogP contribution is 2.19. The fourth-order valence-corrected chi connectivity index (χ4v) is 2.24. The highest BCUT2D eigenvalue weighted by Gasteiger charge is 2.07. The number of amides is 1. The van der Waals surface area contributed by atoms with Crippen LogP contribution < -0.4 is 5.32 Å². The van der Waals surface area contributed by atoms with E-state index in [1.54, 1.807) is 56.4 Å². The molecule has 5 heteroatoms. The number of hydrogen-bond donors (Lipinski definition) is 2. The number of hydrogen-bond acceptors (Lipinski definition) is 4. The average Bonchev–Trinajstić information content (AvgIpc) is 2.61. The van der Waals surface area contributed by atoms with Crippen LogP contribution in [-0.2, 0) is 4.79 Å². The maximum absolute atomic E-state index is 10.9. The van der Waals surface area contributed by atoms with Crippen LogP contribution in [0.3, 0.4) is 0 Å². The minimum Gasteiger partial charge on any atom is -0.508 e. The van der Waals surface area contributed by atoms with Gasteiger partial charge in [0.15, 0.2) is 0 Å². The van der Waals surface area contributed by atoms with Gasteiger partial charge in [0.1, 0.15) is 12.0 Å². The third kappa shape index (κ3) is 3.95. The largest absolute Gasteiger partial charge is 0.508 e. The fraction of sp³-hybridized carbons (Fsp3) is 0.105. The Hall–Kier alpha value is -3.21. The highest BCUT2D eigenvalue weighted by atomic mass is 16.3. The van der Waals surface area contributed by atoms with E-state index in [4.69, 9.17) is 0 Å². The van der Waals surface area contributed by atoms with E-state index in [2.05, 4.69) is 10.3 Å². The third-order valence-corrected chi connectivity index (χ3v) is 3.59. The fourth-order valence-electron chi connectivity index (χ4n) is 2.24. The average molecular weight is 322 g/mol. The Kier molecular flexibility index (Phi) is 5.63. The van der Waals surface area contributed by atoms with Crippen LogP contribution in [0.15, 0.2) is 53.5 Å². The number of carbonyl (C=O) groups is 2. The molecule has 0 spiro atoms. The zero-order valence-corrected chi connectivity index (χ0v) is 13.5. The van der Waals surface area contributed by atoms with Gasteiger partial charge in [-0.2, -0.15) is 0 Å². The van der Waals surface area contributed by atoms with Crippen molar-refractivity contribution in [1.82, 2.24) is 5.32 Å². The molecule has 24 heavy (non-hydrogen) atoms. The maximum atomic E-state index is 10.9. The Morgan fingerprint density at radius 3 is 2.29 bits per heavy atom. The Balaban J connectivity index is 2.44. The quantitative estimate of drug-likeness (QED) is 0.634. The molecule has 2 aromatic carbocycles. The van der Waals surface area contributed by atoms with Crippen molar-refractivity contribution in [3.05, 3.63) is 70.8 Å². The number of phenolic OH excluding ortho intramolecular Hbond substituents is 1. The van der Waals surface area contributed by atoms with Crippen LogP contribution in [-0.4, -0.2) is 30.6 Å². The summed E-state index contributed by atoms with van der Waals surface area (Å²) in [6, 6.07) is 12.0. The molecule has 5 nitrogen and oxygen atoms in total. The molecule has 0 aliphatic rings. The van der Waals surface area contributed by atoms with E-state index >= 15 is 0 Å². The van der Waals surface area contributed by atoms with Crippen LogP contribution in [0.25, 0.3) is 5.70 Å². The van der Waals surface area contributed by atoms with Crippen molar-refractivity contribution in [2.24, 2.45) is 4.99 Å². The second-order valence-electron chi connectivity index (χ2n) is 5.17. The number of benzene rings is 2. The molecule has 0 unspecified atom stereocenters. The summed E-state index contributed by atoms with van der Waals surface area (Å²) in [7, 11) is 1.65. The number of phenols is 1. The lowest BCUT2D eigenvalue weighted by atomic mass is 10.0. The molecular formula is C19H18N2O3. The van der Waals surface area contributed by atoms with Gasteiger partial charge in [-0.3, -0.25) is 14.6 Å². The predicted octanol–water partition coefficient (Wildman–Crippen LogP) is 2.72. The Morgan fingerprint density at radius 2 is 1.75 bits per heavy atom. The van der Waals surface area contributed by atoms with Gasteiger partial charge in [0.05, 0.1) is 5.71 Å². The Morgan fingerprint density at radius 1 is 1.08 bits per heavy atom. The molecular weight excluding hydrogens is 304 g/mol. The van der Waals surface area contributed by atoms with E-state index in [0.29, 0.717) is 23.4 Å². The molecule has 0 bridgehead atoms. The summed E-state index contributed by atoms with van der Waals surface area (Å²) in [6.45, 7) is 1.80. The lowest BCUT2D eigenvalue weighted by Crippen LogP contribution is -2.12. The van der Waals surface area contributed by atoms with Gasteiger partial charge in [-0.1, -0.05) is 24.3 Å². The molecule has 0 heterocycles. The van der Waals surface area contributed by atoms with Gasteiger partial charge in [0, 0.05) is 23.9 Å². The van der Waals surface area contributed by atoms with Gasteiger partial charge < -0.3 is 10.4 Å². The van der Waals surface area contributed by atoms with Crippen LogP contribution >= 0.6 is 0 Å². The molecule has 2 rings (SSSR count). The number of aldehydes is 1. The molecule has 0 fully saturated rings. The molecule has 0 saturated heterocycles. The van der Waals surface area contributed by atoms with E-state index in [1.165, 1.54) is 0 Å². The van der Waals surface area contributed by atoms with Gasteiger partial charge in [-0.25, -0.2) is 0 Å². The van der Waals surface area contributed by atoms with Gasteiger partial charge in [-0.05, 0) is 42.3 Å². The molecule has 0 saturated carbocycles. The first-order chi connectivity index (χ1) is 11.6. The minimum atomic E-state index is 0.217. The topological polar surface area (TPSA) is 78.8 Å². The predicted molar refractivity (Wildman–Crippen MR) is 94.3 cm³/mol. The van der Waals surface area contributed by atoms with Crippen molar-refractivity contribution < 1.29 is 14.7 Å². The Labute approximate surface area is 140 Å². The van der Waals surface area contributed by atoms with E-state index in [0.717, 1.165) is 23.0 Å². The number of nitrogens with one attached hydrogen (secondary N) is 1. The first-order valence-corrected chi connectivity index (χ1v) is 7.33. The number of nitrogens with zero attached hydrogens (tertiary/aromatic N) is 1. The first kappa shape index (κ1) is 17.1. The van der Waals surface area contributed by atoms with Crippen molar-refractivity contribution >= 4 is 24.1 Å². The summed E-state index contributed by atoms with van der Waals surface area (Å²) < 4.78 is 0. The van der Waals surface area contributed by atoms with E-state index in [-0.39, 0.29) is 5.75 Å². The molecule has 0 aliphatic carbocycles. The van der Waals surface area contributed by atoms with Crippen molar-refractivity contribution in [2.45, 2.75) is 6.92 Å². The lowest BCUT2D eigenvalue weighted by molar-refractivity contribution is -0.108. The van der Waals surface area contributed by atoms with Crippen molar-refractivity contribution in [1.29, 1.82) is 0 Å². The molecule has 2 N–H and O–H groups in total. The van der Waals surface area contributed by atoms with Crippen molar-refractivity contribution in [2.75, 3.05) is 7.05 Å². The number of carbonyl (C=O) groups excluding carboxylic acids is 2. The normalized spacial score (nSPS) is 11.9. The van der Waals surface area contributed by atoms with Crippen LogP contribution in [0.2, 0.25) is 0 Å². The smallest absolute Gasteiger partial charge is 0.211 e. The molecule has 0 atom stereocenters. The summed E-state index contributed by atoms with van der Waals surface area (Å²) in [5.41, 5.74) is 4.09.